The molecule has 0 amide bonds. The topological polar surface area (TPSA) is 67.6 Å². The molecule has 0 aliphatic heterocycles. The van der Waals surface area contributed by atoms with E-state index in [2.05, 4.69) is 5.32 Å². The van der Waals surface area contributed by atoms with E-state index in [-0.39, 0.29) is 11.4 Å². The van der Waals surface area contributed by atoms with Gasteiger partial charge in [-0.3, -0.25) is 10.1 Å². The van der Waals surface area contributed by atoms with E-state index in [9.17, 15) is 10.1 Å². The lowest BCUT2D eigenvalue weighted by Gasteiger charge is -2.15. The highest BCUT2D eigenvalue weighted by atomic mass is 32.1. The fourth-order valence-electron chi connectivity index (χ4n) is 2.02. The minimum absolute atomic E-state index is 0.0883. The van der Waals surface area contributed by atoms with Crippen molar-refractivity contribution in [2.75, 3.05) is 26.0 Å². The van der Waals surface area contributed by atoms with E-state index in [1.807, 2.05) is 30.3 Å². The van der Waals surface area contributed by atoms with Crippen LogP contribution in [0.15, 0.2) is 48.5 Å². The van der Waals surface area contributed by atoms with Gasteiger partial charge in [-0.25, -0.2) is 0 Å². The number of nitro groups is 1. The van der Waals surface area contributed by atoms with E-state index in [0.29, 0.717) is 23.8 Å². The molecule has 6 nitrogen and oxygen atoms in total. The van der Waals surface area contributed by atoms with Crippen molar-refractivity contribution in [1.82, 2.24) is 4.90 Å². The second kappa shape index (κ2) is 8.26. The minimum Gasteiger partial charge on any atom is -0.486 e. The standard InChI is InChI=1S/C17H19N3O3S/c1-19(2)17(24)18-14-8-9-16(15(12-14)20(21)22)23-11-10-13-6-4-3-5-7-13/h3-9,12H,10-11H2,1-2H3,(H,18,24). The summed E-state index contributed by atoms with van der Waals surface area (Å²) < 4.78 is 5.60. The van der Waals surface area contributed by atoms with Crippen molar-refractivity contribution >= 4 is 28.7 Å². The predicted molar refractivity (Wildman–Crippen MR) is 98.6 cm³/mol. The maximum Gasteiger partial charge on any atom is 0.312 e. The first-order valence-electron chi connectivity index (χ1n) is 7.41. The molecule has 0 unspecified atom stereocenters. The molecule has 0 aliphatic rings. The summed E-state index contributed by atoms with van der Waals surface area (Å²) in [7, 11) is 3.59. The van der Waals surface area contributed by atoms with Crippen LogP contribution in [0, 0.1) is 10.1 Å². The number of nitro benzene ring substituents is 1. The van der Waals surface area contributed by atoms with Crippen molar-refractivity contribution in [1.29, 1.82) is 0 Å². The van der Waals surface area contributed by atoms with Crippen LogP contribution >= 0.6 is 12.2 Å². The van der Waals surface area contributed by atoms with Gasteiger partial charge in [0.25, 0.3) is 0 Å². The van der Waals surface area contributed by atoms with Gasteiger partial charge in [-0.05, 0) is 29.9 Å². The van der Waals surface area contributed by atoms with Crippen LogP contribution in [0.2, 0.25) is 0 Å². The number of nitrogens with zero attached hydrogens (tertiary/aromatic N) is 2. The lowest BCUT2D eigenvalue weighted by molar-refractivity contribution is -0.385. The first-order valence-corrected chi connectivity index (χ1v) is 7.81. The number of rotatable bonds is 6. The number of hydrogen-bond acceptors (Lipinski definition) is 4. The van der Waals surface area contributed by atoms with Gasteiger partial charge in [0.2, 0.25) is 0 Å². The summed E-state index contributed by atoms with van der Waals surface area (Å²) in [6, 6.07) is 14.6. The molecule has 0 spiro atoms. The Balaban J connectivity index is 2.06. The Morgan fingerprint density at radius 1 is 1.25 bits per heavy atom. The summed E-state index contributed by atoms with van der Waals surface area (Å²) in [6.45, 7) is 0.369. The van der Waals surface area contributed by atoms with E-state index in [1.165, 1.54) is 6.07 Å². The van der Waals surface area contributed by atoms with Gasteiger partial charge < -0.3 is 15.0 Å². The van der Waals surface area contributed by atoms with Crippen LogP contribution in [0.4, 0.5) is 11.4 Å². The van der Waals surface area contributed by atoms with Crippen LogP contribution in [-0.4, -0.2) is 35.6 Å². The summed E-state index contributed by atoms with van der Waals surface area (Å²) in [6.07, 6.45) is 0.683. The monoisotopic (exact) mass is 345 g/mol. The zero-order valence-corrected chi connectivity index (χ0v) is 14.4. The molecule has 2 aromatic rings. The van der Waals surface area contributed by atoms with Crippen LogP contribution in [0.1, 0.15) is 5.56 Å². The third kappa shape index (κ3) is 4.92. The van der Waals surface area contributed by atoms with Crippen molar-refractivity contribution in [3.05, 3.63) is 64.2 Å². The Kier molecular flexibility index (Phi) is 6.08. The molecule has 0 saturated heterocycles. The molecule has 0 aromatic heterocycles. The zero-order chi connectivity index (χ0) is 17.5. The van der Waals surface area contributed by atoms with E-state index in [4.69, 9.17) is 17.0 Å². The van der Waals surface area contributed by atoms with Gasteiger partial charge >= 0.3 is 5.69 Å². The fourth-order valence-corrected chi connectivity index (χ4v) is 2.14. The molecule has 0 fully saturated rings. The lowest BCUT2D eigenvalue weighted by atomic mass is 10.2. The zero-order valence-electron chi connectivity index (χ0n) is 13.6. The molecule has 1 N–H and O–H groups in total. The summed E-state index contributed by atoms with van der Waals surface area (Å²) in [4.78, 5) is 12.5. The van der Waals surface area contributed by atoms with Gasteiger partial charge in [-0.1, -0.05) is 30.3 Å². The largest absolute Gasteiger partial charge is 0.486 e. The maximum atomic E-state index is 11.3. The Morgan fingerprint density at radius 2 is 1.96 bits per heavy atom. The molecule has 0 atom stereocenters. The fraction of sp³-hybridized carbons (Fsp3) is 0.235. The highest BCUT2D eigenvalue weighted by molar-refractivity contribution is 7.80. The Hall–Kier alpha value is -2.67. The molecular weight excluding hydrogens is 326 g/mol. The SMILES string of the molecule is CN(C)C(=S)Nc1ccc(OCCc2ccccc2)c([N+](=O)[O-])c1. The number of hydrogen-bond donors (Lipinski definition) is 1. The molecule has 24 heavy (non-hydrogen) atoms. The van der Waals surface area contributed by atoms with Crippen LogP contribution in [-0.2, 0) is 6.42 Å². The van der Waals surface area contributed by atoms with Crippen molar-refractivity contribution in [3.8, 4) is 5.75 Å². The predicted octanol–water partition coefficient (Wildman–Crippen LogP) is 3.47. The molecule has 2 rings (SSSR count). The van der Waals surface area contributed by atoms with Gasteiger partial charge in [0.15, 0.2) is 10.9 Å². The van der Waals surface area contributed by atoms with E-state index in [1.54, 1.807) is 31.1 Å². The van der Waals surface area contributed by atoms with Crippen LogP contribution < -0.4 is 10.1 Å². The Bertz CT molecular complexity index is 720. The van der Waals surface area contributed by atoms with Gasteiger partial charge in [0.05, 0.1) is 11.5 Å². The van der Waals surface area contributed by atoms with Crippen molar-refractivity contribution < 1.29 is 9.66 Å². The highest BCUT2D eigenvalue weighted by Crippen LogP contribution is 2.30. The van der Waals surface area contributed by atoms with Gasteiger partial charge in [0.1, 0.15) is 0 Å². The first kappa shape index (κ1) is 17.7. The molecule has 126 valence electrons. The molecule has 0 heterocycles. The highest BCUT2D eigenvalue weighted by Gasteiger charge is 2.16. The molecular formula is C17H19N3O3S. The molecule has 0 radical (unpaired) electrons. The Morgan fingerprint density at radius 3 is 2.58 bits per heavy atom. The first-order chi connectivity index (χ1) is 11.5. The van der Waals surface area contributed by atoms with Crippen LogP contribution in [0.25, 0.3) is 0 Å². The van der Waals surface area contributed by atoms with Crippen molar-refractivity contribution in [3.63, 3.8) is 0 Å². The summed E-state index contributed by atoms with van der Waals surface area (Å²) in [5, 5.41) is 14.7. The third-order valence-corrected chi connectivity index (χ3v) is 3.77. The third-order valence-electron chi connectivity index (χ3n) is 3.30. The van der Waals surface area contributed by atoms with Crippen LogP contribution in [0.5, 0.6) is 5.75 Å². The van der Waals surface area contributed by atoms with Crippen molar-refractivity contribution in [2.24, 2.45) is 0 Å². The molecule has 0 bridgehead atoms. The average Bonchev–Trinajstić information content (AvgIpc) is 2.56. The lowest BCUT2D eigenvalue weighted by Crippen LogP contribution is -2.27. The number of benzene rings is 2. The minimum atomic E-state index is -0.457. The van der Waals surface area contributed by atoms with E-state index < -0.39 is 4.92 Å². The number of ether oxygens (including phenoxy) is 1. The van der Waals surface area contributed by atoms with Gasteiger partial charge in [0, 0.05) is 32.3 Å². The van der Waals surface area contributed by atoms with E-state index >= 15 is 0 Å². The summed E-state index contributed by atoms with van der Waals surface area (Å²) in [5.41, 5.74) is 1.58. The average molecular weight is 345 g/mol. The Labute approximate surface area is 146 Å². The molecule has 0 aliphatic carbocycles. The maximum absolute atomic E-state index is 11.3. The molecule has 0 saturated carbocycles. The van der Waals surface area contributed by atoms with Gasteiger partial charge in [-0.2, -0.15) is 0 Å². The summed E-state index contributed by atoms with van der Waals surface area (Å²) >= 11 is 5.14. The number of thiocarbonyl (C=S) groups is 1. The molecule has 7 heteroatoms. The molecule has 2 aromatic carbocycles. The quantitative estimate of drug-likeness (QED) is 0.491. The second-order valence-electron chi connectivity index (χ2n) is 5.35. The smallest absolute Gasteiger partial charge is 0.312 e. The number of nitrogens with one attached hydrogen (secondary N) is 1. The van der Waals surface area contributed by atoms with Crippen LogP contribution in [0.3, 0.4) is 0 Å². The second-order valence-corrected chi connectivity index (χ2v) is 5.73. The van der Waals surface area contributed by atoms with Gasteiger partial charge in [-0.15, -0.1) is 0 Å². The van der Waals surface area contributed by atoms with Crippen molar-refractivity contribution in [2.45, 2.75) is 6.42 Å². The van der Waals surface area contributed by atoms with E-state index in [0.717, 1.165) is 5.56 Å². The normalized spacial score (nSPS) is 10.1. The summed E-state index contributed by atoms with van der Waals surface area (Å²) in [5.74, 6) is 0.247. The number of anilines is 1.